The van der Waals surface area contributed by atoms with Crippen LogP contribution in [0.4, 0.5) is 4.79 Å². The molecule has 1 aromatic carbocycles. The Morgan fingerprint density at radius 1 is 1.05 bits per heavy atom. The number of fused-ring (bicyclic) bond motifs is 1. The van der Waals surface area contributed by atoms with Crippen LogP contribution in [0.3, 0.4) is 0 Å². The molecular weight excluding hydrogens is 272 g/mol. The molecule has 1 aliphatic heterocycles. The molecule has 1 heterocycles. The van der Waals surface area contributed by atoms with Gasteiger partial charge in [0.05, 0.1) is 11.1 Å². The SMILES string of the molecule is O=C(O)NC1CCC(N2C(=O)c3ccccc3C2=O)CC1. The molecule has 2 N–H and O–H groups in total. The summed E-state index contributed by atoms with van der Waals surface area (Å²) in [6, 6.07) is 6.63. The Kier molecular flexibility index (Phi) is 3.37. The van der Waals surface area contributed by atoms with Gasteiger partial charge in [0.25, 0.3) is 11.8 Å². The third-order valence-electron chi connectivity index (χ3n) is 4.21. The quantitative estimate of drug-likeness (QED) is 0.813. The highest BCUT2D eigenvalue weighted by molar-refractivity contribution is 6.21. The summed E-state index contributed by atoms with van der Waals surface area (Å²) in [6.45, 7) is 0. The van der Waals surface area contributed by atoms with Gasteiger partial charge < -0.3 is 10.4 Å². The lowest BCUT2D eigenvalue weighted by Gasteiger charge is -2.33. The smallest absolute Gasteiger partial charge is 0.404 e. The average Bonchev–Trinajstić information content (AvgIpc) is 2.72. The fourth-order valence-electron chi connectivity index (χ4n) is 3.19. The van der Waals surface area contributed by atoms with Gasteiger partial charge >= 0.3 is 6.09 Å². The summed E-state index contributed by atoms with van der Waals surface area (Å²) >= 11 is 0. The third kappa shape index (κ3) is 2.37. The van der Waals surface area contributed by atoms with Crippen molar-refractivity contribution >= 4 is 17.9 Å². The molecule has 0 atom stereocenters. The van der Waals surface area contributed by atoms with E-state index in [0.717, 1.165) is 0 Å². The first-order valence-electron chi connectivity index (χ1n) is 7.04. The van der Waals surface area contributed by atoms with Crippen LogP contribution in [0.1, 0.15) is 46.4 Å². The van der Waals surface area contributed by atoms with E-state index >= 15 is 0 Å². The van der Waals surface area contributed by atoms with Crippen molar-refractivity contribution in [1.29, 1.82) is 0 Å². The van der Waals surface area contributed by atoms with E-state index in [4.69, 9.17) is 5.11 Å². The maximum atomic E-state index is 12.4. The van der Waals surface area contributed by atoms with Gasteiger partial charge in [-0.1, -0.05) is 12.1 Å². The average molecular weight is 288 g/mol. The molecule has 3 amide bonds. The minimum atomic E-state index is -1.03. The fourth-order valence-corrected chi connectivity index (χ4v) is 3.19. The first-order chi connectivity index (χ1) is 10.1. The Morgan fingerprint density at radius 3 is 2.05 bits per heavy atom. The Hall–Kier alpha value is -2.37. The van der Waals surface area contributed by atoms with Gasteiger partial charge in [-0.25, -0.2) is 4.79 Å². The molecule has 0 saturated heterocycles. The second kappa shape index (κ2) is 5.20. The zero-order valence-electron chi connectivity index (χ0n) is 11.4. The predicted molar refractivity (Wildman–Crippen MR) is 74.1 cm³/mol. The molecule has 6 heteroatoms. The Morgan fingerprint density at radius 2 is 1.57 bits per heavy atom. The van der Waals surface area contributed by atoms with Gasteiger partial charge in [-0.3, -0.25) is 14.5 Å². The lowest BCUT2D eigenvalue weighted by atomic mass is 9.90. The van der Waals surface area contributed by atoms with Crippen molar-refractivity contribution in [2.45, 2.75) is 37.8 Å². The second-order valence-corrected chi connectivity index (χ2v) is 5.48. The van der Waals surface area contributed by atoms with Crippen molar-refractivity contribution in [1.82, 2.24) is 10.2 Å². The molecule has 1 aliphatic carbocycles. The summed E-state index contributed by atoms with van der Waals surface area (Å²) in [5.41, 5.74) is 0.932. The van der Waals surface area contributed by atoms with Gasteiger partial charge in [0, 0.05) is 12.1 Å². The number of amides is 3. The van der Waals surface area contributed by atoms with E-state index in [1.54, 1.807) is 24.3 Å². The molecule has 6 nitrogen and oxygen atoms in total. The molecule has 1 aromatic rings. The van der Waals surface area contributed by atoms with Crippen LogP contribution < -0.4 is 5.32 Å². The summed E-state index contributed by atoms with van der Waals surface area (Å²) in [5, 5.41) is 11.2. The Bertz CT molecular complexity index is 570. The van der Waals surface area contributed by atoms with E-state index in [1.807, 2.05) is 0 Å². The summed E-state index contributed by atoms with van der Waals surface area (Å²) in [7, 11) is 0. The number of imide groups is 1. The number of hydrogen-bond donors (Lipinski definition) is 2. The van der Waals surface area contributed by atoms with Crippen molar-refractivity contribution in [3.8, 4) is 0 Å². The monoisotopic (exact) mass is 288 g/mol. The molecule has 110 valence electrons. The molecule has 21 heavy (non-hydrogen) atoms. The van der Waals surface area contributed by atoms with Crippen LogP contribution in [-0.2, 0) is 0 Å². The molecule has 3 rings (SSSR count). The van der Waals surface area contributed by atoms with E-state index in [1.165, 1.54) is 4.90 Å². The van der Waals surface area contributed by atoms with Gasteiger partial charge in [0.1, 0.15) is 0 Å². The number of benzene rings is 1. The van der Waals surface area contributed by atoms with E-state index in [0.29, 0.717) is 36.8 Å². The molecule has 1 saturated carbocycles. The predicted octanol–water partition coefficient (Wildman–Crippen LogP) is 1.86. The zero-order valence-corrected chi connectivity index (χ0v) is 11.4. The van der Waals surface area contributed by atoms with Crippen molar-refractivity contribution in [2.75, 3.05) is 0 Å². The third-order valence-corrected chi connectivity index (χ3v) is 4.21. The first-order valence-corrected chi connectivity index (χ1v) is 7.04. The van der Waals surface area contributed by atoms with Crippen molar-refractivity contribution in [2.24, 2.45) is 0 Å². The minimum absolute atomic E-state index is 0.0890. The van der Waals surface area contributed by atoms with Crippen LogP contribution >= 0.6 is 0 Å². The van der Waals surface area contributed by atoms with Crippen LogP contribution in [-0.4, -0.2) is 40.0 Å². The van der Waals surface area contributed by atoms with E-state index < -0.39 is 6.09 Å². The second-order valence-electron chi connectivity index (χ2n) is 5.48. The van der Waals surface area contributed by atoms with Gasteiger partial charge in [-0.05, 0) is 37.8 Å². The standard InChI is InChI=1S/C15H16N2O4/c18-13-11-3-1-2-4-12(11)14(19)17(13)10-7-5-9(6-8-10)16-15(20)21/h1-4,9-10,16H,5-8H2,(H,20,21). The maximum Gasteiger partial charge on any atom is 0.404 e. The molecule has 2 aliphatic rings. The molecule has 0 spiro atoms. The van der Waals surface area contributed by atoms with Crippen molar-refractivity contribution < 1.29 is 19.5 Å². The van der Waals surface area contributed by atoms with E-state index in [-0.39, 0.29) is 23.9 Å². The fraction of sp³-hybridized carbons (Fsp3) is 0.400. The first kappa shape index (κ1) is 13.6. The van der Waals surface area contributed by atoms with Gasteiger partial charge in [-0.2, -0.15) is 0 Å². The van der Waals surface area contributed by atoms with Crippen molar-refractivity contribution in [3.63, 3.8) is 0 Å². The molecule has 0 unspecified atom stereocenters. The van der Waals surface area contributed by atoms with Gasteiger partial charge in [-0.15, -0.1) is 0 Å². The Labute approximate surface area is 121 Å². The molecule has 0 aromatic heterocycles. The van der Waals surface area contributed by atoms with E-state index in [9.17, 15) is 14.4 Å². The highest BCUT2D eigenvalue weighted by atomic mass is 16.4. The minimum Gasteiger partial charge on any atom is -0.465 e. The lowest BCUT2D eigenvalue weighted by Crippen LogP contribution is -2.45. The summed E-state index contributed by atoms with van der Waals surface area (Å²) in [6.07, 6.45) is 1.53. The zero-order chi connectivity index (χ0) is 15.0. The molecule has 1 fully saturated rings. The van der Waals surface area contributed by atoms with Gasteiger partial charge in [0.2, 0.25) is 0 Å². The number of nitrogens with one attached hydrogen (secondary N) is 1. The number of rotatable bonds is 2. The highest BCUT2D eigenvalue weighted by Crippen LogP contribution is 2.30. The summed E-state index contributed by atoms with van der Waals surface area (Å²) in [5.74, 6) is -0.463. The number of hydrogen-bond acceptors (Lipinski definition) is 3. The number of nitrogens with zero attached hydrogens (tertiary/aromatic N) is 1. The van der Waals surface area contributed by atoms with Crippen LogP contribution in [0.2, 0.25) is 0 Å². The van der Waals surface area contributed by atoms with Crippen LogP contribution in [0, 0.1) is 0 Å². The Balaban J connectivity index is 1.71. The van der Waals surface area contributed by atoms with Crippen LogP contribution in [0.25, 0.3) is 0 Å². The maximum absolute atomic E-state index is 12.4. The number of carbonyl (C=O) groups excluding carboxylic acids is 2. The van der Waals surface area contributed by atoms with Crippen molar-refractivity contribution in [3.05, 3.63) is 35.4 Å². The molecule has 0 radical (unpaired) electrons. The van der Waals surface area contributed by atoms with Crippen LogP contribution in [0.15, 0.2) is 24.3 Å². The highest BCUT2D eigenvalue weighted by Gasteiger charge is 2.40. The lowest BCUT2D eigenvalue weighted by molar-refractivity contribution is 0.0536. The normalized spacial score (nSPS) is 24.9. The number of carboxylic acid groups (broad SMARTS) is 1. The summed E-state index contributed by atoms with van der Waals surface area (Å²) in [4.78, 5) is 36.7. The van der Waals surface area contributed by atoms with Gasteiger partial charge in [0.15, 0.2) is 0 Å². The molecule has 0 bridgehead atoms. The number of carbonyl (C=O) groups is 3. The largest absolute Gasteiger partial charge is 0.465 e. The summed E-state index contributed by atoms with van der Waals surface area (Å²) < 4.78 is 0. The van der Waals surface area contributed by atoms with E-state index in [2.05, 4.69) is 5.32 Å². The topological polar surface area (TPSA) is 86.7 Å². The van der Waals surface area contributed by atoms with Crippen LogP contribution in [0.5, 0.6) is 0 Å². The molecular formula is C15H16N2O4.